The summed E-state index contributed by atoms with van der Waals surface area (Å²) in [5.41, 5.74) is 4.20. The van der Waals surface area contributed by atoms with E-state index in [0.29, 0.717) is 0 Å². The minimum atomic E-state index is -4.62. The van der Waals surface area contributed by atoms with Gasteiger partial charge < -0.3 is 15.6 Å². The number of nitrogens with two attached hydrogens (primary N) is 1. The van der Waals surface area contributed by atoms with Crippen LogP contribution in [-0.4, -0.2) is 29.4 Å². The maximum atomic E-state index is 12.3. The molecular weight excluding hydrogens is 269 g/mol. The molecule has 1 unspecified atom stereocenters. The molecule has 0 fully saturated rings. The summed E-state index contributed by atoms with van der Waals surface area (Å²) in [6.45, 7) is 0. The van der Waals surface area contributed by atoms with Gasteiger partial charge in [-0.15, -0.1) is 0 Å². The molecule has 19 heavy (non-hydrogen) atoms. The highest BCUT2D eigenvalue weighted by Crippen LogP contribution is 2.37. The summed E-state index contributed by atoms with van der Waals surface area (Å²) in [7, 11) is 1.10. The lowest BCUT2D eigenvalue weighted by Gasteiger charge is -2.16. The van der Waals surface area contributed by atoms with Crippen molar-refractivity contribution in [2.24, 2.45) is 5.73 Å². The Morgan fingerprint density at radius 1 is 1.53 bits per heavy atom. The van der Waals surface area contributed by atoms with E-state index < -0.39 is 40.7 Å². The van der Waals surface area contributed by atoms with Crippen molar-refractivity contribution in [3.05, 3.63) is 27.8 Å². The van der Waals surface area contributed by atoms with Gasteiger partial charge >= 0.3 is 11.9 Å². The number of hydrogen-bond donors (Lipinski definition) is 2. The van der Waals surface area contributed by atoms with Crippen molar-refractivity contribution in [1.29, 1.82) is 0 Å². The fraction of sp³-hybridized carbons (Fsp3) is 0.400. The van der Waals surface area contributed by atoms with E-state index >= 15 is 0 Å². The van der Waals surface area contributed by atoms with Crippen LogP contribution in [0.2, 0.25) is 0 Å². The van der Waals surface area contributed by atoms with Crippen molar-refractivity contribution in [2.75, 3.05) is 7.11 Å². The largest absolute Gasteiger partial charge is 0.504 e. The Morgan fingerprint density at radius 3 is 2.53 bits per heavy atom. The lowest BCUT2D eigenvalue weighted by molar-refractivity contribution is -0.385. The molecule has 0 aromatic heterocycles. The summed E-state index contributed by atoms with van der Waals surface area (Å²) in [6.07, 6.45) is -5.30. The van der Waals surface area contributed by atoms with E-state index in [-0.39, 0.29) is 5.56 Å². The third-order valence-corrected chi connectivity index (χ3v) is 2.39. The number of halogens is 3. The molecule has 106 valence electrons. The SMILES string of the molecule is COc1c(O)cc(CC(N)C(F)(F)F)cc1[N+](=O)[O-]. The van der Waals surface area contributed by atoms with Crippen LogP contribution >= 0.6 is 0 Å². The van der Waals surface area contributed by atoms with E-state index in [0.717, 1.165) is 19.2 Å². The summed E-state index contributed by atoms with van der Waals surface area (Å²) in [5, 5.41) is 20.2. The van der Waals surface area contributed by atoms with Gasteiger partial charge in [-0.25, -0.2) is 0 Å². The van der Waals surface area contributed by atoms with Crippen LogP contribution in [0.3, 0.4) is 0 Å². The number of phenols is 1. The number of benzene rings is 1. The monoisotopic (exact) mass is 280 g/mol. The molecule has 0 aliphatic carbocycles. The second-order valence-corrected chi connectivity index (χ2v) is 3.78. The van der Waals surface area contributed by atoms with Gasteiger partial charge in [0.25, 0.3) is 0 Å². The second kappa shape index (κ2) is 5.31. The quantitative estimate of drug-likeness (QED) is 0.646. The number of nitrogens with zero attached hydrogens (tertiary/aromatic N) is 1. The molecule has 0 radical (unpaired) electrons. The smallest absolute Gasteiger partial charge is 0.403 e. The summed E-state index contributed by atoms with van der Waals surface area (Å²) in [6, 6.07) is -0.318. The molecule has 1 atom stereocenters. The molecule has 0 spiro atoms. The van der Waals surface area contributed by atoms with Crippen LogP contribution < -0.4 is 10.5 Å². The van der Waals surface area contributed by atoms with Gasteiger partial charge in [0.1, 0.15) is 6.04 Å². The van der Waals surface area contributed by atoms with Gasteiger partial charge in [-0.3, -0.25) is 10.1 Å². The molecule has 1 rings (SSSR count). The Hall–Kier alpha value is -2.03. The number of rotatable bonds is 4. The van der Waals surface area contributed by atoms with Crippen LogP contribution in [0.1, 0.15) is 5.56 Å². The van der Waals surface area contributed by atoms with Crippen LogP contribution in [-0.2, 0) is 6.42 Å². The molecule has 0 aliphatic rings. The number of nitro groups is 1. The topological polar surface area (TPSA) is 98.6 Å². The van der Waals surface area contributed by atoms with Crippen LogP contribution in [0.5, 0.6) is 11.5 Å². The Kier molecular flexibility index (Phi) is 4.20. The number of methoxy groups -OCH3 is 1. The van der Waals surface area contributed by atoms with Crippen LogP contribution in [0.25, 0.3) is 0 Å². The number of hydrogen-bond acceptors (Lipinski definition) is 5. The zero-order chi connectivity index (χ0) is 14.8. The lowest BCUT2D eigenvalue weighted by Crippen LogP contribution is -2.39. The van der Waals surface area contributed by atoms with E-state index in [9.17, 15) is 28.4 Å². The van der Waals surface area contributed by atoms with Gasteiger partial charge in [0.15, 0.2) is 5.75 Å². The third-order valence-electron chi connectivity index (χ3n) is 2.39. The van der Waals surface area contributed by atoms with Crippen LogP contribution in [0.15, 0.2) is 12.1 Å². The van der Waals surface area contributed by atoms with Crippen LogP contribution in [0, 0.1) is 10.1 Å². The molecule has 0 aliphatic heterocycles. The van der Waals surface area contributed by atoms with Gasteiger partial charge in [0, 0.05) is 6.07 Å². The van der Waals surface area contributed by atoms with Crippen molar-refractivity contribution in [2.45, 2.75) is 18.6 Å². The van der Waals surface area contributed by atoms with Gasteiger partial charge in [-0.2, -0.15) is 13.2 Å². The molecule has 1 aromatic rings. The third kappa shape index (κ3) is 3.47. The highest BCUT2D eigenvalue weighted by molar-refractivity contribution is 5.57. The Balaban J connectivity index is 3.15. The van der Waals surface area contributed by atoms with E-state index in [1.165, 1.54) is 0 Å². The fourth-order valence-electron chi connectivity index (χ4n) is 1.49. The first-order chi connectivity index (χ1) is 8.66. The summed E-state index contributed by atoms with van der Waals surface area (Å²) >= 11 is 0. The Morgan fingerprint density at radius 2 is 2.11 bits per heavy atom. The average Bonchev–Trinajstić information content (AvgIpc) is 2.26. The molecule has 3 N–H and O–H groups in total. The predicted octanol–water partition coefficient (Wildman–Crippen LogP) is 1.74. The molecule has 0 bridgehead atoms. The first-order valence-electron chi connectivity index (χ1n) is 5.03. The number of alkyl halides is 3. The first-order valence-corrected chi connectivity index (χ1v) is 5.03. The van der Waals surface area contributed by atoms with Crippen molar-refractivity contribution < 1.29 is 27.9 Å². The molecule has 0 heterocycles. The Labute approximate surface area is 105 Å². The number of phenolic OH excluding ortho intramolecular Hbond substituents is 1. The number of aromatic hydroxyl groups is 1. The maximum Gasteiger partial charge on any atom is 0.403 e. The minimum absolute atomic E-state index is 0.102. The molecule has 6 nitrogen and oxygen atoms in total. The lowest BCUT2D eigenvalue weighted by atomic mass is 10.0. The second-order valence-electron chi connectivity index (χ2n) is 3.78. The van der Waals surface area contributed by atoms with Gasteiger partial charge in [0.2, 0.25) is 5.75 Å². The predicted molar refractivity (Wildman–Crippen MR) is 59.0 cm³/mol. The summed E-state index contributed by atoms with van der Waals surface area (Å²) in [5.74, 6) is -1.02. The van der Waals surface area contributed by atoms with Crippen LogP contribution in [0.4, 0.5) is 18.9 Å². The standard InChI is InChI=1S/C10H11F3N2O4/c1-19-9-6(15(17)18)2-5(3-7(9)16)4-8(14)10(11,12)13/h2-3,8,16H,4,14H2,1H3. The van der Waals surface area contributed by atoms with E-state index in [2.05, 4.69) is 4.74 Å². The maximum absolute atomic E-state index is 12.3. The van der Waals surface area contributed by atoms with Gasteiger partial charge in [-0.05, 0) is 18.1 Å². The molecule has 9 heteroatoms. The Bertz CT molecular complexity index is 490. The minimum Gasteiger partial charge on any atom is -0.504 e. The van der Waals surface area contributed by atoms with E-state index in [4.69, 9.17) is 5.73 Å². The zero-order valence-electron chi connectivity index (χ0n) is 9.77. The highest BCUT2D eigenvalue weighted by atomic mass is 19.4. The number of nitro benzene ring substituents is 1. The molecule has 0 amide bonds. The van der Waals surface area contributed by atoms with Crippen molar-refractivity contribution >= 4 is 5.69 Å². The normalized spacial score (nSPS) is 13.1. The fourth-order valence-corrected chi connectivity index (χ4v) is 1.49. The number of ether oxygens (including phenoxy) is 1. The van der Waals surface area contributed by atoms with Gasteiger partial charge in [0.05, 0.1) is 12.0 Å². The molecular formula is C10H11F3N2O4. The van der Waals surface area contributed by atoms with Crippen molar-refractivity contribution in [3.63, 3.8) is 0 Å². The molecule has 0 saturated heterocycles. The summed E-state index contributed by atoms with van der Waals surface area (Å²) < 4.78 is 41.5. The van der Waals surface area contributed by atoms with E-state index in [1.807, 2.05) is 0 Å². The van der Waals surface area contributed by atoms with Gasteiger partial charge in [-0.1, -0.05) is 0 Å². The summed E-state index contributed by atoms with van der Waals surface area (Å²) in [4.78, 5) is 9.87. The van der Waals surface area contributed by atoms with Crippen molar-refractivity contribution in [1.82, 2.24) is 0 Å². The highest BCUT2D eigenvalue weighted by Gasteiger charge is 2.37. The average molecular weight is 280 g/mol. The van der Waals surface area contributed by atoms with Crippen molar-refractivity contribution in [3.8, 4) is 11.5 Å². The zero-order valence-corrected chi connectivity index (χ0v) is 9.77. The van der Waals surface area contributed by atoms with E-state index in [1.54, 1.807) is 0 Å². The molecule has 1 aromatic carbocycles. The molecule has 0 saturated carbocycles. The first kappa shape index (κ1) is 15.0.